The molecule has 0 atom stereocenters. The van der Waals surface area contributed by atoms with Crippen LogP contribution in [-0.4, -0.2) is 38.9 Å². The predicted octanol–water partition coefficient (Wildman–Crippen LogP) is 2.58. The van der Waals surface area contributed by atoms with E-state index in [-0.39, 0.29) is 6.42 Å². The maximum Gasteiger partial charge on any atom is 0.249 e. The molecule has 0 fully saturated rings. The van der Waals surface area contributed by atoms with Gasteiger partial charge in [0.2, 0.25) is 11.8 Å². The second-order valence-corrected chi connectivity index (χ2v) is 5.53. The lowest BCUT2D eigenvalue weighted by Crippen LogP contribution is -2.24. The summed E-state index contributed by atoms with van der Waals surface area (Å²) in [6.07, 6.45) is 1.05. The zero-order valence-corrected chi connectivity index (χ0v) is 16.0. The predicted molar refractivity (Wildman–Crippen MR) is 106 cm³/mol. The third kappa shape index (κ3) is 5.73. The van der Waals surface area contributed by atoms with E-state index in [0.717, 1.165) is 0 Å². The number of para-hydroxylation sites is 3. The third-order valence-electron chi connectivity index (χ3n) is 3.61. The molecule has 2 aromatic carbocycles. The first-order valence-electron chi connectivity index (χ1n) is 8.63. The Morgan fingerprint density at radius 3 is 2.43 bits per heavy atom. The minimum Gasteiger partial charge on any atom is -0.495 e. The molecule has 148 valence electrons. The van der Waals surface area contributed by atoms with Crippen molar-refractivity contribution in [3.63, 3.8) is 0 Å². The van der Waals surface area contributed by atoms with Crippen molar-refractivity contribution in [2.75, 3.05) is 26.1 Å². The summed E-state index contributed by atoms with van der Waals surface area (Å²) in [6, 6.07) is 12.3. The van der Waals surface area contributed by atoms with Crippen LogP contribution in [0.1, 0.15) is 18.9 Å². The molecule has 2 amide bonds. The second-order valence-electron chi connectivity index (χ2n) is 5.53. The number of nitrogens with one attached hydrogen (secondary N) is 2. The van der Waals surface area contributed by atoms with Gasteiger partial charge in [0.1, 0.15) is 12.2 Å². The summed E-state index contributed by atoms with van der Waals surface area (Å²) < 4.78 is 16.0. The van der Waals surface area contributed by atoms with Crippen LogP contribution in [0, 0.1) is 0 Å². The van der Waals surface area contributed by atoms with E-state index in [1.54, 1.807) is 49.6 Å². The van der Waals surface area contributed by atoms with Gasteiger partial charge in [-0.25, -0.2) is 5.43 Å². The van der Waals surface area contributed by atoms with E-state index in [9.17, 15) is 9.59 Å². The fourth-order valence-corrected chi connectivity index (χ4v) is 2.40. The molecule has 0 radical (unpaired) electrons. The molecule has 2 N–H and O–H groups in total. The first-order chi connectivity index (χ1) is 13.6. The Bertz CT molecular complexity index is 851. The Morgan fingerprint density at radius 2 is 1.71 bits per heavy atom. The lowest BCUT2D eigenvalue weighted by Gasteiger charge is -2.11. The number of anilines is 1. The van der Waals surface area contributed by atoms with Crippen LogP contribution >= 0.6 is 0 Å². The normalized spacial score (nSPS) is 10.4. The molecule has 28 heavy (non-hydrogen) atoms. The van der Waals surface area contributed by atoms with Crippen molar-refractivity contribution in [1.29, 1.82) is 0 Å². The SMILES string of the molecule is CCOc1c(C=NNC(=O)CC(=O)Nc2ccccc2OC)cccc1OC. The zero-order valence-electron chi connectivity index (χ0n) is 16.0. The zero-order chi connectivity index (χ0) is 20.4. The monoisotopic (exact) mass is 385 g/mol. The number of hydrogen-bond acceptors (Lipinski definition) is 6. The standard InChI is InChI=1S/C20H23N3O5/c1-4-28-20-14(8-7-11-17(20)27-3)13-21-23-19(25)12-18(24)22-15-9-5-6-10-16(15)26-2/h5-11,13H,4,12H2,1-3H3,(H,22,24)(H,23,25). The Kier molecular flexibility index (Phi) is 7.83. The Hall–Kier alpha value is -3.55. The molecule has 0 aliphatic carbocycles. The van der Waals surface area contributed by atoms with E-state index in [1.165, 1.54) is 13.3 Å². The molecule has 8 heteroatoms. The molecule has 0 saturated carbocycles. The third-order valence-corrected chi connectivity index (χ3v) is 3.61. The van der Waals surface area contributed by atoms with Crippen LogP contribution in [0.25, 0.3) is 0 Å². The van der Waals surface area contributed by atoms with Gasteiger partial charge in [0, 0.05) is 5.56 Å². The largest absolute Gasteiger partial charge is 0.495 e. The Balaban J connectivity index is 1.94. The van der Waals surface area contributed by atoms with Gasteiger partial charge in [0.15, 0.2) is 11.5 Å². The number of hydrogen-bond donors (Lipinski definition) is 2. The van der Waals surface area contributed by atoms with Crippen molar-refractivity contribution in [2.45, 2.75) is 13.3 Å². The van der Waals surface area contributed by atoms with Gasteiger partial charge in [-0.05, 0) is 31.2 Å². The van der Waals surface area contributed by atoms with E-state index in [0.29, 0.717) is 35.1 Å². The molecule has 0 aliphatic heterocycles. The number of methoxy groups -OCH3 is 2. The van der Waals surface area contributed by atoms with Gasteiger partial charge in [-0.2, -0.15) is 5.10 Å². The van der Waals surface area contributed by atoms with Gasteiger partial charge in [-0.3, -0.25) is 9.59 Å². The molecule has 0 bridgehead atoms. The summed E-state index contributed by atoms with van der Waals surface area (Å²) in [5.41, 5.74) is 3.45. The number of nitrogens with zero attached hydrogens (tertiary/aromatic N) is 1. The molecule has 2 rings (SSSR count). The van der Waals surface area contributed by atoms with Crippen molar-refractivity contribution in [1.82, 2.24) is 5.43 Å². The molecule has 0 unspecified atom stereocenters. The van der Waals surface area contributed by atoms with Gasteiger partial charge in [-0.1, -0.05) is 18.2 Å². The Morgan fingerprint density at radius 1 is 1.00 bits per heavy atom. The van der Waals surface area contributed by atoms with Crippen molar-refractivity contribution >= 4 is 23.7 Å². The van der Waals surface area contributed by atoms with Gasteiger partial charge in [0.25, 0.3) is 0 Å². The highest BCUT2D eigenvalue weighted by Gasteiger charge is 2.12. The topological polar surface area (TPSA) is 98.2 Å². The molecule has 8 nitrogen and oxygen atoms in total. The van der Waals surface area contributed by atoms with E-state index in [2.05, 4.69) is 15.8 Å². The summed E-state index contributed by atoms with van der Waals surface area (Å²) in [5.74, 6) is 0.571. The van der Waals surface area contributed by atoms with Crippen LogP contribution in [0.15, 0.2) is 47.6 Å². The van der Waals surface area contributed by atoms with E-state index in [4.69, 9.17) is 14.2 Å². The van der Waals surface area contributed by atoms with Crippen LogP contribution in [0.3, 0.4) is 0 Å². The minimum absolute atomic E-state index is 0.383. The highest BCUT2D eigenvalue weighted by molar-refractivity contribution is 6.04. The molecule has 0 aromatic heterocycles. The maximum atomic E-state index is 12.0. The molecule has 0 heterocycles. The second kappa shape index (κ2) is 10.6. The first-order valence-corrected chi connectivity index (χ1v) is 8.63. The van der Waals surface area contributed by atoms with Crippen molar-refractivity contribution < 1.29 is 23.8 Å². The van der Waals surface area contributed by atoms with Crippen molar-refractivity contribution in [2.24, 2.45) is 5.10 Å². The smallest absolute Gasteiger partial charge is 0.249 e. The van der Waals surface area contributed by atoms with Gasteiger partial charge in [0.05, 0.1) is 32.7 Å². The summed E-state index contributed by atoms with van der Waals surface area (Å²) in [6.45, 7) is 2.31. The van der Waals surface area contributed by atoms with Gasteiger partial charge in [-0.15, -0.1) is 0 Å². The number of carbonyl (C=O) groups excluding carboxylic acids is 2. The summed E-state index contributed by atoms with van der Waals surface area (Å²) in [4.78, 5) is 24.0. The molecule has 0 spiro atoms. The quantitative estimate of drug-likeness (QED) is 0.393. The minimum atomic E-state index is -0.551. The Labute approximate surface area is 163 Å². The van der Waals surface area contributed by atoms with Crippen LogP contribution in [-0.2, 0) is 9.59 Å². The van der Waals surface area contributed by atoms with Crippen molar-refractivity contribution in [3.05, 3.63) is 48.0 Å². The van der Waals surface area contributed by atoms with E-state index < -0.39 is 11.8 Å². The summed E-state index contributed by atoms with van der Waals surface area (Å²) in [7, 11) is 3.04. The lowest BCUT2D eigenvalue weighted by atomic mass is 10.2. The molecular formula is C20H23N3O5. The van der Waals surface area contributed by atoms with Crippen molar-refractivity contribution in [3.8, 4) is 17.2 Å². The molecule has 0 saturated heterocycles. The van der Waals surface area contributed by atoms with E-state index in [1.807, 2.05) is 6.92 Å². The number of benzene rings is 2. The number of hydrazone groups is 1. The average molecular weight is 385 g/mol. The molecule has 0 aliphatic rings. The fraction of sp³-hybridized carbons (Fsp3) is 0.250. The van der Waals surface area contributed by atoms with Gasteiger partial charge >= 0.3 is 0 Å². The van der Waals surface area contributed by atoms with E-state index >= 15 is 0 Å². The summed E-state index contributed by atoms with van der Waals surface area (Å²) in [5, 5.41) is 6.52. The number of amides is 2. The van der Waals surface area contributed by atoms with Crippen LogP contribution in [0.4, 0.5) is 5.69 Å². The van der Waals surface area contributed by atoms with Gasteiger partial charge < -0.3 is 19.5 Å². The molecule has 2 aromatic rings. The number of carbonyl (C=O) groups is 2. The van der Waals surface area contributed by atoms with Crippen LogP contribution in [0.2, 0.25) is 0 Å². The first kappa shape index (κ1) is 20.8. The number of rotatable bonds is 9. The fourth-order valence-electron chi connectivity index (χ4n) is 2.40. The lowest BCUT2D eigenvalue weighted by molar-refractivity contribution is -0.126. The molecular weight excluding hydrogens is 362 g/mol. The summed E-state index contributed by atoms with van der Waals surface area (Å²) >= 11 is 0. The highest BCUT2D eigenvalue weighted by atomic mass is 16.5. The number of ether oxygens (including phenoxy) is 3. The highest BCUT2D eigenvalue weighted by Crippen LogP contribution is 2.29. The van der Waals surface area contributed by atoms with Crippen LogP contribution < -0.4 is 25.0 Å². The average Bonchev–Trinajstić information content (AvgIpc) is 2.69. The maximum absolute atomic E-state index is 12.0. The van der Waals surface area contributed by atoms with Crippen LogP contribution in [0.5, 0.6) is 17.2 Å².